The maximum absolute atomic E-state index is 9.94. The van der Waals surface area contributed by atoms with Gasteiger partial charge in [0.2, 0.25) is 0 Å². The Morgan fingerprint density at radius 2 is 2.14 bits per heavy atom. The first kappa shape index (κ1) is 8.97. The van der Waals surface area contributed by atoms with Gasteiger partial charge in [-0.2, -0.15) is 0 Å². The van der Waals surface area contributed by atoms with Gasteiger partial charge in [-0.25, -0.2) is 4.98 Å². The molecule has 1 unspecified atom stereocenters. The molecule has 0 radical (unpaired) electrons. The molecule has 0 amide bonds. The van der Waals surface area contributed by atoms with Crippen molar-refractivity contribution < 1.29 is 9.52 Å². The van der Waals surface area contributed by atoms with Crippen molar-refractivity contribution in [1.29, 1.82) is 0 Å². The molecule has 72 valence electrons. The van der Waals surface area contributed by atoms with E-state index in [9.17, 15) is 5.11 Å². The van der Waals surface area contributed by atoms with Crippen molar-refractivity contribution in [3.05, 3.63) is 53.7 Å². The van der Waals surface area contributed by atoms with E-state index in [-0.39, 0.29) is 0 Å². The third-order valence-corrected chi connectivity index (χ3v) is 2.21. The van der Waals surface area contributed by atoms with Gasteiger partial charge < -0.3 is 9.52 Å². The van der Waals surface area contributed by atoms with Gasteiger partial charge in [0.15, 0.2) is 6.39 Å². The molecule has 0 fully saturated rings. The Morgan fingerprint density at radius 3 is 2.79 bits per heavy atom. The molecule has 0 aliphatic carbocycles. The average Bonchev–Trinajstić information content (AvgIpc) is 2.70. The summed E-state index contributed by atoms with van der Waals surface area (Å²) in [6, 6.07) is 7.67. The topological polar surface area (TPSA) is 46.3 Å². The Kier molecular flexibility index (Phi) is 2.33. The Hall–Kier alpha value is -1.61. The van der Waals surface area contributed by atoms with Crippen LogP contribution in [0.15, 0.2) is 41.3 Å². The van der Waals surface area contributed by atoms with Crippen molar-refractivity contribution in [1.82, 2.24) is 4.98 Å². The molecule has 3 heteroatoms. The summed E-state index contributed by atoms with van der Waals surface area (Å²) < 4.78 is 4.83. The summed E-state index contributed by atoms with van der Waals surface area (Å²) >= 11 is 0. The van der Waals surface area contributed by atoms with Crippen LogP contribution in [0.25, 0.3) is 0 Å². The van der Waals surface area contributed by atoms with Crippen LogP contribution in [0.5, 0.6) is 0 Å². The van der Waals surface area contributed by atoms with E-state index >= 15 is 0 Å². The van der Waals surface area contributed by atoms with Crippen LogP contribution in [0.1, 0.15) is 22.9 Å². The van der Waals surface area contributed by atoms with Gasteiger partial charge in [0.1, 0.15) is 18.1 Å². The minimum absolute atomic E-state index is 0.541. The summed E-state index contributed by atoms with van der Waals surface area (Å²) in [6.07, 6.45) is 2.07. The van der Waals surface area contributed by atoms with Crippen LogP contribution in [-0.2, 0) is 0 Å². The standard InChI is InChI=1S/C11H11NO2/c1-8-4-2-3-5-9(8)11(13)10-6-14-7-12-10/h2-7,11,13H,1H3. The minimum Gasteiger partial charge on any atom is -0.451 e. The second-order valence-corrected chi connectivity index (χ2v) is 3.17. The summed E-state index contributed by atoms with van der Waals surface area (Å²) in [4.78, 5) is 3.92. The van der Waals surface area contributed by atoms with Crippen molar-refractivity contribution in [3.8, 4) is 0 Å². The van der Waals surface area contributed by atoms with Crippen LogP contribution in [0.2, 0.25) is 0 Å². The fourth-order valence-electron chi connectivity index (χ4n) is 1.41. The number of oxazole rings is 1. The Bertz CT molecular complexity index is 409. The van der Waals surface area contributed by atoms with Crippen molar-refractivity contribution >= 4 is 0 Å². The number of aromatic nitrogens is 1. The lowest BCUT2D eigenvalue weighted by Gasteiger charge is -2.10. The number of aliphatic hydroxyl groups is 1. The molecule has 3 nitrogen and oxygen atoms in total. The number of benzene rings is 1. The molecular weight excluding hydrogens is 178 g/mol. The van der Waals surface area contributed by atoms with Gasteiger partial charge in [-0.3, -0.25) is 0 Å². The predicted octanol–water partition coefficient (Wildman–Crippen LogP) is 2.06. The van der Waals surface area contributed by atoms with Gasteiger partial charge in [-0.1, -0.05) is 24.3 Å². The van der Waals surface area contributed by atoms with Crippen molar-refractivity contribution in [2.24, 2.45) is 0 Å². The summed E-state index contributed by atoms with van der Waals surface area (Å²) in [5, 5.41) is 9.94. The SMILES string of the molecule is Cc1ccccc1C(O)c1cocn1. The van der Waals surface area contributed by atoms with E-state index in [1.54, 1.807) is 0 Å². The molecule has 1 heterocycles. The van der Waals surface area contributed by atoms with E-state index in [4.69, 9.17) is 4.42 Å². The maximum Gasteiger partial charge on any atom is 0.180 e. The first-order valence-electron chi connectivity index (χ1n) is 4.40. The molecule has 1 aromatic heterocycles. The molecule has 2 rings (SSSR count). The highest BCUT2D eigenvalue weighted by Gasteiger charge is 2.14. The average molecular weight is 189 g/mol. The van der Waals surface area contributed by atoms with Crippen LogP contribution < -0.4 is 0 Å². The van der Waals surface area contributed by atoms with Crippen LogP contribution in [-0.4, -0.2) is 10.1 Å². The van der Waals surface area contributed by atoms with Crippen LogP contribution in [0, 0.1) is 6.92 Å². The van der Waals surface area contributed by atoms with Gasteiger partial charge in [-0.05, 0) is 18.1 Å². The molecule has 0 bridgehead atoms. The molecule has 0 aliphatic rings. The molecule has 1 N–H and O–H groups in total. The second-order valence-electron chi connectivity index (χ2n) is 3.17. The summed E-state index contributed by atoms with van der Waals surface area (Å²) in [5.41, 5.74) is 2.45. The molecule has 14 heavy (non-hydrogen) atoms. The minimum atomic E-state index is -0.699. The number of rotatable bonds is 2. The maximum atomic E-state index is 9.94. The third-order valence-electron chi connectivity index (χ3n) is 2.21. The fraction of sp³-hybridized carbons (Fsp3) is 0.182. The number of nitrogens with zero attached hydrogens (tertiary/aromatic N) is 1. The molecule has 0 saturated carbocycles. The van der Waals surface area contributed by atoms with E-state index in [2.05, 4.69) is 4.98 Å². The number of hydrogen-bond donors (Lipinski definition) is 1. The summed E-state index contributed by atoms with van der Waals surface area (Å²) in [6.45, 7) is 1.96. The zero-order valence-electron chi connectivity index (χ0n) is 7.84. The number of hydrogen-bond acceptors (Lipinski definition) is 3. The quantitative estimate of drug-likeness (QED) is 0.786. The lowest BCUT2D eigenvalue weighted by atomic mass is 10.0. The molecular formula is C11H11NO2. The van der Waals surface area contributed by atoms with Crippen LogP contribution >= 0.6 is 0 Å². The summed E-state index contributed by atoms with van der Waals surface area (Å²) in [5.74, 6) is 0. The zero-order chi connectivity index (χ0) is 9.97. The highest BCUT2D eigenvalue weighted by Crippen LogP contribution is 2.22. The Morgan fingerprint density at radius 1 is 1.36 bits per heavy atom. The fourth-order valence-corrected chi connectivity index (χ4v) is 1.41. The van der Waals surface area contributed by atoms with E-state index < -0.39 is 6.10 Å². The highest BCUT2D eigenvalue weighted by atomic mass is 16.3. The number of aliphatic hydroxyl groups excluding tert-OH is 1. The first-order valence-corrected chi connectivity index (χ1v) is 4.40. The van der Waals surface area contributed by atoms with Crippen LogP contribution in [0.4, 0.5) is 0 Å². The molecule has 1 aromatic carbocycles. The Labute approximate surface area is 82.0 Å². The molecule has 0 saturated heterocycles. The van der Waals surface area contributed by atoms with E-state index in [1.807, 2.05) is 31.2 Å². The summed E-state index contributed by atoms with van der Waals surface area (Å²) in [7, 11) is 0. The van der Waals surface area contributed by atoms with Crippen molar-refractivity contribution in [2.75, 3.05) is 0 Å². The monoisotopic (exact) mass is 189 g/mol. The predicted molar refractivity (Wildman–Crippen MR) is 51.7 cm³/mol. The normalized spacial score (nSPS) is 12.7. The van der Waals surface area contributed by atoms with Crippen molar-refractivity contribution in [3.63, 3.8) is 0 Å². The van der Waals surface area contributed by atoms with Gasteiger partial charge in [0.05, 0.1) is 0 Å². The smallest absolute Gasteiger partial charge is 0.180 e. The molecule has 2 aromatic rings. The molecule has 0 aliphatic heterocycles. The third kappa shape index (κ3) is 1.54. The molecule has 0 spiro atoms. The number of aryl methyl sites for hydroxylation is 1. The van der Waals surface area contributed by atoms with Gasteiger partial charge in [0, 0.05) is 0 Å². The van der Waals surface area contributed by atoms with Gasteiger partial charge in [0.25, 0.3) is 0 Å². The second kappa shape index (κ2) is 3.64. The van der Waals surface area contributed by atoms with Gasteiger partial charge in [-0.15, -0.1) is 0 Å². The van der Waals surface area contributed by atoms with Crippen LogP contribution in [0.3, 0.4) is 0 Å². The Balaban J connectivity index is 2.37. The molecule has 1 atom stereocenters. The highest BCUT2D eigenvalue weighted by molar-refractivity contribution is 5.31. The van der Waals surface area contributed by atoms with E-state index in [0.29, 0.717) is 5.69 Å². The van der Waals surface area contributed by atoms with E-state index in [0.717, 1.165) is 11.1 Å². The lowest BCUT2D eigenvalue weighted by Crippen LogP contribution is -2.01. The zero-order valence-corrected chi connectivity index (χ0v) is 7.84. The van der Waals surface area contributed by atoms with Crippen molar-refractivity contribution in [2.45, 2.75) is 13.0 Å². The largest absolute Gasteiger partial charge is 0.451 e. The first-order chi connectivity index (χ1) is 6.79. The van der Waals surface area contributed by atoms with E-state index in [1.165, 1.54) is 12.7 Å². The van der Waals surface area contributed by atoms with Gasteiger partial charge >= 0.3 is 0 Å². The lowest BCUT2D eigenvalue weighted by molar-refractivity contribution is 0.214.